The van der Waals surface area contributed by atoms with Crippen LogP contribution in [0.2, 0.25) is 0 Å². The van der Waals surface area contributed by atoms with E-state index in [1.54, 1.807) is 0 Å². The molecule has 0 saturated carbocycles. The molecule has 0 atom stereocenters. The fourth-order valence-electron chi connectivity index (χ4n) is 4.34. The van der Waals surface area contributed by atoms with Crippen LogP contribution in [0, 0.1) is 6.92 Å². The van der Waals surface area contributed by atoms with Crippen molar-refractivity contribution < 1.29 is 0 Å². The van der Waals surface area contributed by atoms with Crippen LogP contribution in [-0.4, -0.2) is 0 Å². The van der Waals surface area contributed by atoms with Gasteiger partial charge in [0.1, 0.15) is 0 Å². The van der Waals surface area contributed by atoms with Gasteiger partial charge in [-0.15, -0.1) is 0 Å². The highest BCUT2D eigenvalue weighted by atomic mass is 14.0. The van der Waals surface area contributed by atoms with E-state index in [0.717, 1.165) is 0 Å². The third-order valence-corrected chi connectivity index (χ3v) is 6.39. The second-order valence-corrected chi connectivity index (χ2v) is 9.39. The molecule has 0 aromatic heterocycles. The molecule has 1 radical (unpaired) electrons. The molecule has 0 N–H and O–H groups in total. The Morgan fingerprint density at radius 1 is 0.379 bits per heavy atom. The van der Waals surface area contributed by atoms with Crippen LogP contribution in [0.15, 0.2) is 12.2 Å². The summed E-state index contributed by atoms with van der Waals surface area (Å²) >= 11 is 0. The van der Waals surface area contributed by atoms with Crippen molar-refractivity contribution in [3.63, 3.8) is 0 Å². The van der Waals surface area contributed by atoms with E-state index in [4.69, 9.17) is 0 Å². The maximum absolute atomic E-state index is 3.74. The molecule has 0 heteroatoms. The Bertz CT molecular complexity index is 290. The highest BCUT2D eigenvalue weighted by Crippen LogP contribution is 2.15. The van der Waals surface area contributed by atoms with E-state index >= 15 is 0 Å². The lowest BCUT2D eigenvalue weighted by Crippen LogP contribution is -1.84. The van der Waals surface area contributed by atoms with Gasteiger partial charge >= 0.3 is 0 Å². The molecule has 0 aliphatic rings. The second kappa shape index (κ2) is 27.7. The van der Waals surface area contributed by atoms with Crippen molar-refractivity contribution in [1.29, 1.82) is 0 Å². The van der Waals surface area contributed by atoms with E-state index in [2.05, 4.69) is 19.9 Å². The highest BCUT2D eigenvalue weighted by molar-refractivity contribution is 4.83. The van der Waals surface area contributed by atoms with E-state index < -0.39 is 0 Å². The minimum atomic E-state index is 1.22. The van der Waals surface area contributed by atoms with Gasteiger partial charge in [-0.05, 0) is 19.8 Å². The van der Waals surface area contributed by atoms with E-state index in [0.29, 0.717) is 0 Å². The van der Waals surface area contributed by atoms with Crippen LogP contribution in [0.1, 0.15) is 167 Å². The fourth-order valence-corrected chi connectivity index (χ4v) is 4.34. The van der Waals surface area contributed by atoms with Gasteiger partial charge in [0, 0.05) is 0 Å². The van der Waals surface area contributed by atoms with Crippen molar-refractivity contribution in [3.8, 4) is 0 Å². The summed E-state index contributed by atoms with van der Waals surface area (Å²) in [4.78, 5) is 0. The van der Waals surface area contributed by atoms with Crippen LogP contribution in [-0.2, 0) is 0 Å². The Kier molecular flexibility index (Phi) is 27.5. The predicted molar refractivity (Wildman–Crippen MR) is 136 cm³/mol. The standard InChI is InChI=1S/C29H57/c1-3-5-7-9-11-13-15-17-19-21-23-25-27-29-28-26-24-22-20-18-16-14-12-10-8-6-4-2/h3,5H,1,4,6-29H2,2H3. The molecule has 0 amide bonds. The number of hydrogen-bond donors (Lipinski definition) is 0. The summed E-state index contributed by atoms with van der Waals surface area (Å²) < 4.78 is 0. The van der Waals surface area contributed by atoms with E-state index in [1.165, 1.54) is 161 Å². The van der Waals surface area contributed by atoms with Crippen molar-refractivity contribution in [1.82, 2.24) is 0 Å². The smallest absolute Gasteiger partial charge is 0.0316 e. The van der Waals surface area contributed by atoms with Crippen LogP contribution < -0.4 is 0 Å². The zero-order valence-corrected chi connectivity index (χ0v) is 20.5. The van der Waals surface area contributed by atoms with Crippen LogP contribution in [0.5, 0.6) is 0 Å². The van der Waals surface area contributed by atoms with Gasteiger partial charge in [0.15, 0.2) is 0 Å². The average Bonchev–Trinajstić information content (AvgIpc) is 2.74. The molecule has 0 aliphatic heterocycles. The number of allylic oxidation sites excluding steroid dienone is 2. The molecule has 0 unspecified atom stereocenters. The van der Waals surface area contributed by atoms with Gasteiger partial charge in [0.05, 0.1) is 0 Å². The Morgan fingerprint density at radius 2 is 0.621 bits per heavy atom. The first-order chi connectivity index (χ1) is 14.4. The zero-order chi connectivity index (χ0) is 21.1. The topological polar surface area (TPSA) is 0 Å². The van der Waals surface area contributed by atoms with Gasteiger partial charge in [0.25, 0.3) is 0 Å². The molecular formula is C29H57. The Hall–Kier alpha value is -0.260. The van der Waals surface area contributed by atoms with Gasteiger partial charge in [-0.3, -0.25) is 0 Å². The van der Waals surface area contributed by atoms with Gasteiger partial charge in [0.2, 0.25) is 0 Å². The van der Waals surface area contributed by atoms with Crippen molar-refractivity contribution >= 4 is 0 Å². The van der Waals surface area contributed by atoms with Crippen molar-refractivity contribution in [2.24, 2.45) is 0 Å². The maximum atomic E-state index is 3.74. The minimum Gasteiger partial charge on any atom is -0.0885 e. The number of hydrogen-bond acceptors (Lipinski definition) is 0. The normalized spacial score (nSPS) is 11.7. The summed E-state index contributed by atoms with van der Waals surface area (Å²) in [6, 6.07) is 0. The molecular weight excluding hydrogens is 348 g/mol. The molecule has 0 aromatic rings. The molecule has 29 heavy (non-hydrogen) atoms. The molecule has 0 fully saturated rings. The first-order valence-electron chi connectivity index (χ1n) is 13.9. The predicted octanol–water partition coefficient (Wildman–Crippen LogP) is 11.1. The summed E-state index contributed by atoms with van der Waals surface area (Å²) in [5.41, 5.74) is 0. The lowest BCUT2D eigenvalue weighted by molar-refractivity contribution is 0.517. The van der Waals surface area contributed by atoms with Crippen molar-refractivity contribution in [2.45, 2.75) is 167 Å². The summed E-state index contributed by atoms with van der Waals surface area (Å²) in [6.45, 7) is 6.04. The van der Waals surface area contributed by atoms with Gasteiger partial charge < -0.3 is 0 Å². The maximum Gasteiger partial charge on any atom is -0.0316 e. The van der Waals surface area contributed by atoms with E-state index in [-0.39, 0.29) is 0 Å². The Balaban J connectivity index is 2.98. The van der Waals surface area contributed by atoms with E-state index in [9.17, 15) is 0 Å². The summed E-state index contributed by atoms with van der Waals surface area (Å²) in [7, 11) is 0. The molecule has 0 nitrogen and oxygen atoms in total. The van der Waals surface area contributed by atoms with E-state index in [1.807, 2.05) is 6.08 Å². The number of rotatable bonds is 25. The summed E-state index contributed by atoms with van der Waals surface area (Å²) in [6.07, 6.45) is 40.5. The Labute approximate surface area is 186 Å². The first kappa shape index (κ1) is 28.7. The third-order valence-electron chi connectivity index (χ3n) is 6.39. The monoisotopic (exact) mass is 405 g/mol. The molecule has 0 aliphatic carbocycles. The molecule has 0 spiro atoms. The van der Waals surface area contributed by atoms with Crippen LogP contribution in [0.4, 0.5) is 0 Å². The molecule has 0 saturated heterocycles. The van der Waals surface area contributed by atoms with Crippen LogP contribution >= 0.6 is 0 Å². The largest absolute Gasteiger partial charge is 0.0885 e. The quantitative estimate of drug-likeness (QED) is 0.132. The van der Waals surface area contributed by atoms with Crippen LogP contribution in [0.25, 0.3) is 0 Å². The fraction of sp³-hybridized carbons (Fsp3) is 0.897. The molecule has 173 valence electrons. The van der Waals surface area contributed by atoms with Gasteiger partial charge in [-0.25, -0.2) is 0 Å². The highest BCUT2D eigenvalue weighted by Gasteiger charge is 1.96. The van der Waals surface area contributed by atoms with Gasteiger partial charge in [-0.1, -0.05) is 167 Å². The average molecular weight is 406 g/mol. The molecule has 0 heterocycles. The van der Waals surface area contributed by atoms with Crippen LogP contribution in [0.3, 0.4) is 0 Å². The number of unbranched alkanes of at least 4 members (excludes halogenated alkanes) is 24. The summed E-state index contributed by atoms with van der Waals surface area (Å²) in [5.74, 6) is 0. The second-order valence-electron chi connectivity index (χ2n) is 9.39. The summed E-state index contributed by atoms with van der Waals surface area (Å²) in [5, 5.41) is 0. The van der Waals surface area contributed by atoms with Crippen molar-refractivity contribution in [3.05, 3.63) is 19.1 Å². The third kappa shape index (κ3) is 27.7. The van der Waals surface area contributed by atoms with Gasteiger partial charge in [-0.2, -0.15) is 0 Å². The minimum absolute atomic E-state index is 1.22. The first-order valence-corrected chi connectivity index (χ1v) is 13.9. The van der Waals surface area contributed by atoms with Crippen molar-refractivity contribution in [2.75, 3.05) is 0 Å². The Morgan fingerprint density at radius 3 is 0.862 bits per heavy atom. The lowest BCUT2D eigenvalue weighted by Gasteiger charge is -2.04. The molecule has 0 rings (SSSR count). The molecule has 0 bridgehead atoms. The zero-order valence-electron chi connectivity index (χ0n) is 20.5. The SMILES string of the molecule is [CH2]C=CCCCCCCCCCCCCCCCCCCCCCCCCCC. The molecule has 0 aromatic carbocycles. The lowest BCUT2D eigenvalue weighted by atomic mass is 10.0.